The number of nitrogens with zero attached hydrogens (tertiary/aromatic N) is 2. The van der Waals surface area contributed by atoms with Crippen molar-refractivity contribution in [2.75, 3.05) is 0 Å². The van der Waals surface area contributed by atoms with E-state index in [1.165, 1.54) is 12.4 Å². The zero-order valence-electron chi connectivity index (χ0n) is 9.08. The third kappa shape index (κ3) is 2.98. The molecule has 2 N–H and O–H groups in total. The number of hydrogen-bond donors (Lipinski definition) is 1. The molecule has 0 unspecified atom stereocenters. The van der Waals surface area contributed by atoms with Crippen LogP contribution in [0, 0.1) is 0 Å². The maximum absolute atomic E-state index is 10.6. The van der Waals surface area contributed by atoms with Crippen LogP contribution in [0.2, 0.25) is 0 Å². The lowest BCUT2D eigenvalue weighted by atomic mass is 10.1. The Hall–Kier alpha value is -2.49. The minimum atomic E-state index is -0.453. The van der Waals surface area contributed by atoms with Crippen molar-refractivity contribution in [2.24, 2.45) is 5.73 Å². The highest BCUT2D eigenvalue weighted by Crippen LogP contribution is 2.17. The Morgan fingerprint density at radius 1 is 1.06 bits per heavy atom. The van der Waals surface area contributed by atoms with Gasteiger partial charge < -0.3 is 5.73 Å². The first-order chi connectivity index (χ1) is 8.25. The summed E-state index contributed by atoms with van der Waals surface area (Å²) in [6.07, 6.45) is 8.00. The van der Waals surface area contributed by atoms with E-state index >= 15 is 0 Å². The summed E-state index contributed by atoms with van der Waals surface area (Å²) >= 11 is 0. The Morgan fingerprint density at radius 2 is 1.71 bits per heavy atom. The molecule has 4 nitrogen and oxygen atoms in total. The molecule has 0 aliphatic heterocycles. The van der Waals surface area contributed by atoms with E-state index in [0.717, 1.165) is 16.7 Å². The number of aromatic nitrogens is 2. The third-order valence-electron chi connectivity index (χ3n) is 2.24. The molecule has 4 heteroatoms. The highest BCUT2D eigenvalue weighted by molar-refractivity contribution is 5.90. The van der Waals surface area contributed by atoms with Crippen LogP contribution < -0.4 is 5.73 Å². The van der Waals surface area contributed by atoms with Crippen molar-refractivity contribution in [1.82, 2.24) is 9.97 Å². The Balaban J connectivity index is 2.22. The summed E-state index contributed by atoms with van der Waals surface area (Å²) in [6.45, 7) is 0. The topological polar surface area (TPSA) is 68.9 Å². The molecule has 0 saturated carbocycles. The largest absolute Gasteiger partial charge is 0.366 e. The Kier molecular flexibility index (Phi) is 3.25. The van der Waals surface area contributed by atoms with E-state index in [1.54, 1.807) is 18.5 Å². The van der Waals surface area contributed by atoms with E-state index in [0.29, 0.717) is 0 Å². The normalized spacial score (nSPS) is 10.6. The molecule has 2 aromatic rings. The maximum atomic E-state index is 10.6. The first kappa shape index (κ1) is 11.0. The van der Waals surface area contributed by atoms with Gasteiger partial charge in [0, 0.05) is 24.0 Å². The summed E-state index contributed by atoms with van der Waals surface area (Å²) in [5.74, 6) is -0.453. The molecule has 2 rings (SSSR count). The van der Waals surface area contributed by atoms with Crippen molar-refractivity contribution in [2.45, 2.75) is 0 Å². The van der Waals surface area contributed by atoms with Crippen molar-refractivity contribution >= 4 is 12.0 Å². The van der Waals surface area contributed by atoms with Gasteiger partial charge in [-0.05, 0) is 17.2 Å². The lowest BCUT2D eigenvalue weighted by molar-refractivity contribution is -0.113. The van der Waals surface area contributed by atoms with Crippen molar-refractivity contribution in [1.29, 1.82) is 0 Å². The second-order valence-corrected chi connectivity index (χ2v) is 3.48. The van der Waals surface area contributed by atoms with E-state index in [-0.39, 0.29) is 0 Å². The van der Waals surface area contributed by atoms with E-state index in [4.69, 9.17) is 5.73 Å². The van der Waals surface area contributed by atoms with Crippen LogP contribution in [0.1, 0.15) is 5.56 Å². The average Bonchev–Trinajstić information content (AvgIpc) is 2.38. The van der Waals surface area contributed by atoms with Gasteiger partial charge in [-0.3, -0.25) is 4.79 Å². The quantitative estimate of drug-likeness (QED) is 0.807. The SMILES string of the molecule is NC(=O)/C=C/c1ccc(-c2cncnc2)cc1. The first-order valence-electron chi connectivity index (χ1n) is 5.08. The van der Waals surface area contributed by atoms with Crippen LogP contribution in [-0.2, 0) is 4.79 Å². The Morgan fingerprint density at radius 3 is 2.29 bits per heavy atom. The molecule has 0 bridgehead atoms. The Labute approximate surface area is 98.8 Å². The average molecular weight is 225 g/mol. The minimum Gasteiger partial charge on any atom is -0.366 e. The van der Waals surface area contributed by atoms with Crippen LogP contribution >= 0.6 is 0 Å². The molecule has 0 atom stereocenters. The maximum Gasteiger partial charge on any atom is 0.241 e. The molecule has 0 saturated heterocycles. The molecule has 0 spiro atoms. The van der Waals surface area contributed by atoms with Crippen molar-refractivity contribution in [3.05, 3.63) is 54.6 Å². The highest BCUT2D eigenvalue weighted by Gasteiger charge is 1.96. The second kappa shape index (κ2) is 5.03. The van der Waals surface area contributed by atoms with Gasteiger partial charge in [0.15, 0.2) is 0 Å². The number of carbonyl (C=O) groups is 1. The van der Waals surface area contributed by atoms with Gasteiger partial charge in [-0.15, -0.1) is 0 Å². The smallest absolute Gasteiger partial charge is 0.241 e. The Bertz CT molecular complexity index is 532. The van der Waals surface area contributed by atoms with Crippen molar-refractivity contribution in [3.63, 3.8) is 0 Å². The summed E-state index contributed by atoms with van der Waals surface area (Å²) < 4.78 is 0. The highest BCUT2D eigenvalue weighted by atomic mass is 16.1. The molecule has 17 heavy (non-hydrogen) atoms. The van der Waals surface area contributed by atoms with Gasteiger partial charge in [-0.2, -0.15) is 0 Å². The van der Waals surface area contributed by atoms with Crippen LogP contribution in [-0.4, -0.2) is 15.9 Å². The van der Waals surface area contributed by atoms with Gasteiger partial charge in [0.25, 0.3) is 0 Å². The molecular weight excluding hydrogens is 214 g/mol. The van der Waals surface area contributed by atoms with Crippen LogP contribution in [0.4, 0.5) is 0 Å². The van der Waals surface area contributed by atoms with E-state index in [2.05, 4.69) is 9.97 Å². The number of rotatable bonds is 3. The first-order valence-corrected chi connectivity index (χ1v) is 5.08. The molecular formula is C13H11N3O. The van der Waals surface area contributed by atoms with Crippen molar-refractivity contribution < 1.29 is 4.79 Å². The summed E-state index contributed by atoms with van der Waals surface area (Å²) in [5.41, 5.74) is 7.93. The monoisotopic (exact) mass is 225 g/mol. The fourth-order valence-corrected chi connectivity index (χ4v) is 1.41. The van der Waals surface area contributed by atoms with E-state index in [9.17, 15) is 4.79 Å². The summed E-state index contributed by atoms with van der Waals surface area (Å²) in [4.78, 5) is 18.5. The van der Waals surface area contributed by atoms with E-state index < -0.39 is 5.91 Å². The van der Waals surface area contributed by atoms with E-state index in [1.807, 2.05) is 24.3 Å². The fourth-order valence-electron chi connectivity index (χ4n) is 1.41. The molecule has 0 aliphatic rings. The fraction of sp³-hybridized carbons (Fsp3) is 0. The summed E-state index contributed by atoms with van der Waals surface area (Å²) in [5, 5.41) is 0. The predicted octanol–water partition coefficient (Wildman–Crippen LogP) is 1.64. The van der Waals surface area contributed by atoms with Crippen LogP contribution in [0.5, 0.6) is 0 Å². The third-order valence-corrected chi connectivity index (χ3v) is 2.24. The van der Waals surface area contributed by atoms with Gasteiger partial charge in [0.1, 0.15) is 6.33 Å². The molecule has 84 valence electrons. The number of hydrogen-bond acceptors (Lipinski definition) is 3. The van der Waals surface area contributed by atoms with Crippen LogP contribution in [0.25, 0.3) is 17.2 Å². The van der Waals surface area contributed by atoms with Gasteiger partial charge in [0.05, 0.1) is 0 Å². The van der Waals surface area contributed by atoms with Gasteiger partial charge in [-0.25, -0.2) is 9.97 Å². The van der Waals surface area contributed by atoms with Crippen LogP contribution in [0.3, 0.4) is 0 Å². The molecule has 0 fully saturated rings. The second-order valence-electron chi connectivity index (χ2n) is 3.48. The number of carbonyl (C=O) groups excluding carboxylic acids is 1. The molecule has 1 heterocycles. The predicted molar refractivity (Wildman–Crippen MR) is 65.7 cm³/mol. The molecule has 0 radical (unpaired) electrons. The lowest BCUT2D eigenvalue weighted by Gasteiger charge is -2.00. The van der Waals surface area contributed by atoms with Gasteiger partial charge in [0.2, 0.25) is 5.91 Å². The van der Waals surface area contributed by atoms with Gasteiger partial charge >= 0.3 is 0 Å². The van der Waals surface area contributed by atoms with Crippen molar-refractivity contribution in [3.8, 4) is 11.1 Å². The summed E-state index contributed by atoms with van der Waals surface area (Å²) in [6, 6.07) is 7.70. The molecule has 0 aliphatic carbocycles. The molecule has 1 amide bonds. The zero-order chi connectivity index (χ0) is 12.1. The number of nitrogens with two attached hydrogens (primary N) is 1. The van der Waals surface area contributed by atoms with Crippen LogP contribution in [0.15, 0.2) is 49.1 Å². The van der Waals surface area contributed by atoms with Gasteiger partial charge in [-0.1, -0.05) is 24.3 Å². The summed E-state index contributed by atoms with van der Waals surface area (Å²) in [7, 11) is 0. The molecule has 1 aromatic carbocycles. The standard InChI is InChI=1S/C13H11N3O/c14-13(17)6-3-10-1-4-11(5-2-10)12-7-15-9-16-8-12/h1-9H,(H2,14,17)/b6-3+. The minimum absolute atomic E-state index is 0.453. The number of primary amides is 1. The number of amides is 1. The zero-order valence-corrected chi connectivity index (χ0v) is 9.08. The lowest BCUT2D eigenvalue weighted by Crippen LogP contribution is -2.04. The number of benzene rings is 1. The molecule has 1 aromatic heterocycles.